The third kappa shape index (κ3) is 3.50. The van der Waals surface area contributed by atoms with Crippen LogP contribution in [-0.2, 0) is 0 Å². The number of rotatable bonds is 5. The Bertz CT molecular complexity index is 683. The van der Waals surface area contributed by atoms with Gasteiger partial charge in [0, 0.05) is 31.7 Å². The van der Waals surface area contributed by atoms with Crippen molar-refractivity contribution < 1.29 is 9.53 Å². The number of nitrogens with one attached hydrogen (secondary N) is 1. The summed E-state index contributed by atoms with van der Waals surface area (Å²) in [7, 11) is 1.68. The van der Waals surface area contributed by atoms with Crippen LogP contribution in [0.1, 0.15) is 35.2 Å². The highest BCUT2D eigenvalue weighted by Crippen LogP contribution is 2.30. The van der Waals surface area contributed by atoms with Crippen LogP contribution in [-0.4, -0.2) is 37.6 Å². The molecule has 0 aliphatic carbocycles. The third-order valence-electron chi connectivity index (χ3n) is 4.45. The molecule has 1 fully saturated rings. The number of nitrogens with zero attached hydrogens (tertiary/aromatic N) is 2. The molecule has 5 nitrogen and oxygen atoms in total. The molecule has 0 bridgehead atoms. The van der Waals surface area contributed by atoms with Crippen LogP contribution in [0.25, 0.3) is 0 Å². The predicted molar refractivity (Wildman–Crippen MR) is 94.8 cm³/mol. The number of anilines is 1. The number of aromatic nitrogens is 1. The molecular formula is C19H23N3O2. The molecule has 1 aromatic carbocycles. The van der Waals surface area contributed by atoms with E-state index in [1.807, 2.05) is 31.2 Å². The molecule has 2 heterocycles. The second-order valence-corrected chi connectivity index (χ2v) is 5.97. The van der Waals surface area contributed by atoms with E-state index in [0.29, 0.717) is 18.0 Å². The summed E-state index contributed by atoms with van der Waals surface area (Å²) in [5.41, 5.74) is 1.93. The van der Waals surface area contributed by atoms with E-state index in [2.05, 4.69) is 27.3 Å². The number of ether oxygens (including phenoxy) is 1. The number of methoxy groups -OCH3 is 1. The lowest BCUT2D eigenvalue weighted by molar-refractivity contribution is 0.0955. The van der Waals surface area contributed by atoms with E-state index in [9.17, 15) is 4.79 Å². The van der Waals surface area contributed by atoms with Gasteiger partial charge in [-0.05, 0) is 43.2 Å². The van der Waals surface area contributed by atoms with Gasteiger partial charge in [0.25, 0.3) is 5.91 Å². The first-order chi connectivity index (χ1) is 11.7. The Morgan fingerprint density at radius 1 is 1.29 bits per heavy atom. The predicted octanol–water partition coefficient (Wildman–Crippen LogP) is 2.83. The van der Waals surface area contributed by atoms with E-state index in [-0.39, 0.29) is 5.91 Å². The molecule has 0 saturated carbocycles. The molecule has 0 radical (unpaired) electrons. The minimum Gasteiger partial charge on any atom is -0.497 e. The van der Waals surface area contributed by atoms with Crippen molar-refractivity contribution in [2.24, 2.45) is 0 Å². The Labute approximate surface area is 142 Å². The Hall–Kier alpha value is -2.56. The molecule has 1 aliphatic rings. The first kappa shape index (κ1) is 16.3. The minimum atomic E-state index is -0.0749. The molecule has 1 amide bonds. The second kappa shape index (κ2) is 7.34. The Morgan fingerprint density at radius 3 is 2.71 bits per heavy atom. The van der Waals surface area contributed by atoms with Gasteiger partial charge in [-0.15, -0.1) is 0 Å². The van der Waals surface area contributed by atoms with E-state index in [4.69, 9.17) is 4.74 Å². The van der Waals surface area contributed by atoms with Crippen molar-refractivity contribution in [1.29, 1.82) is 0 Å². The van der Waals surface area contributed by atoms with Crippen LogP contribution in [0.4, 0.5) is 5.82 Å². The van der Waals surface area contributed by atoms with Crippen LogP contribution in [0.3, 0.4) is 0 Å². The fraction of sp³-hybridized carbons (Fsp3) is 0.368. The van der Waals surface area contributed by atoms with E-state index in [1.165, 1.54) is 5.56 Å². The van der Waals surface area contributed by atoms with Crippen LogP contribution in [0, 0.1) is 0 Å². The Kier molecular flexibility index (Phi) is 4.99. The first-order valence-electron chi connectivity index (χ1n) is 8.34. The molecule has 2 aromatic rings. The van der Waals surface area contributed by atoms with Crippen molar-refractivity contribution in [3.8, 4) is 5.75 Å². The zero-order valence-corrected chi connectivity index (χ0v) is 14.2. The largest absolute Gasteiger partial charge is 0.497 e. The van der Waals surface area contributed by atoms with Gasteiger partial charge in [-0.1, -0.05) is 12.1 Å². The number of amides is 1. The Morgan fingerprint density at radius 2 is 2.08 bits per heavy atom. The van der Waals surface area contributed by atoms with Crippen LogP contribution in [0.5, 0.6) is 5.75 Å². The van der Waals surface area contributed by atoms with Crippen molar-refractivity contribution in [3.05, 3.63) is 53.7 Å². The van der Waals surface area contributed by atoms with Crippen molar-refractivity contribution in [2.45, 2.75) is 19.3 Å². The van der Waals surface area contributed by atoms with E-state index >= 15 is 0 Å². The molecule has 0 spiro atoms. The fourth-order valence-electron chi connectivity index (χ4n) is 3.09. The normalized spacial score (nSPS) is 16.9. The van der Waals surface area contributed by atoms with Gasteiger partial charge >= 0.3 is 0 Å². The quantitative estimate of drug-likeness (QED) is 0.918. The summed E-state index contributed by atoms with van der Waals surface area (Å²) in [5, 5.41) is 2.79. The average Bonchev–Trinajstić information content (AvgIpc) is 3.12. The molecular weight excluding hydrogens is 302 g/mol. The van der Waals surface area contributed by atoms with Gasteiger partial charge in [-0.25, -0.2) is 4.98 Å². The van der Waals surface area contributed by atoms with Crippen LogP contribution in [0.2, 0.25) is 0 Å². The maximum absolute atomic E-state index is 11.8. The highest BCUT2D eigenvalue weighted by molar-refractivity contribution is 5.94. The van der Waals surface area contributed by atoms with Crippen LogP contribution >= 0.6 is 0 Å². The van der Waals surface area contributed by atoms with Crippen molar-refractivity contribution in [2.75, 3.05) is 31.6 Å². The smallest absolute Gasteiger partial charge is 0.252 e. The first-order valence-corrected chi connectivity index (χ1v) is 8.34. The lowest BCUT2D eigenvalue weighted by Gasteiger charge is -2.18. The van der Waals surface area contributed by atoms with Crippen molar-refractivity contribution in [3.63, 3.8) is 0 Å². The summed E-state index contributed by atoms with van der Waals surface area (Å²) in [4.78, 5) is 18.5. The molecule has 1 saturated heterocycles. The van der Waals surface area contributed by atoms with Crippen molar-refractivity contribution >= 4 is 11.7 Å². The number of hydrogen-bond acceptors (Lipinski definition) is 4. The highest BCUT2D eigenvalue weighted by atomic mass is 16.5. The van der Waals surface area contributed by atoms with Gasteiger partial charge in [0.1, 0.15) is 11.6 Å². The van der Waals surface area contributed by atoms with Gasteiger partial charge in [0.15, 0.2) is 0 Å². The van der Waals surface area contributed by atoms with Gasteiger partial charge in [-0.2, -0.15) is 0 Å². The summed E-state index contributed by atoms with van der Waals surface area (Å²) < 4.78 is 5.22. The van der Waals surface area contributed by atoms with Gasteiger partial charge in [0.05, 0.1) is 12.7 Å². The van der Waals surface area contributed by atoms with Gasteiger partial charge < -0.3 is 15.0 Å². The second-order valence-electron chi connectivity index (χ2n) is 5.97. The van der Waals surface area contributed by atoms with Gasteiger partial charge in [0.2, 0.25) is 0 Å². The molecule has 3 rings (SSSR count). The number of pyridine rings is 1. The third-order valence-corrected chi connectivity index (χ3v) is 4.45. The lowest BCUT2D eigenvalue weighted by Crippen LogP contribution is -2.24. The van der Waals surface area contributed by atoms with Gasteiger partial charge in [-0.3, -0.25) is 4.79 Å². The summed E-state index contributed by atoms with van der Waals surface area (Å²) in [6.07, 6.45) is 2.76. The summed E-state index contributed by atoms with van der Waals surface area (Å²) in [5.74, 6) is 2.24. The molecule has 1 N–H and O–H groups in total. The minimum absolute atomic E-state index is 0.0749. The zero-order valence-electron chi connectivity index (χ0n) is 14.2. The van der Waals surface area contributed by atoms with E-state index in [0.717, 1.165) is 31.1 Å². The summed E-state index contributed by atoms with van der Waals surface area (Å²) in [6, 6.07) is 12.1. The number of carbonyl (C=O) groups is 1. The summed E-state index contributed by atoms with van der Waals surface area (Å²) in [6.45, 7) is 4.45. The molecule has 1 atom stereocenters. The SMILES string of the molecule is CCNC(=O)c1ccc(N2CC[C@H](c3ccc(OC)cc3)C2)nc1. The topological polar surface area (TPSA) is 54.5 Å². The molecule has 1 aromatic heterocycles. The number of carbonyl (C=O) groups excluding carboxylic acids is 1. The molecule has 0 unspecified atom stereocenters. The molecule has 126 valence electrons. The number of hydrogen-bond donors (Lipinski definition) is 1. The maximum atomic E-state index is 11.8. The Balaban J connectivity index is 1.65. The maximum Gasteiger partial charge on any atom is 0.252 e. The summed E-state index contributed by atoms with van der Waals surface area (Å²) >= 11 is 0. The standard InChI is InChI=1S/C19H23N3O2/c1-3-20-19(23)15-6-9-18(21-12-15)22-11-10-16(13-22)14-4-7-17(24-2)8-5-14/h4-9,12,16H,3,10-11,13H2,1-2H3,(H,20,23)/t16-/m0/s1. The van der Waals surface area contributed by atoms with E-state index < -0.39 is 0 Å². The number of benzene rings is 1. The monoisotopic (exact) mass is 325 g/mol. The molecule has 1 aliphatic heterocycles. The average molecular weight is 325 g/mol. The zero-order chi connectivity index (χ0) is 16.9. The van der Waals surface area contributed by atoms with E-state index in [1.54, 1.807) is 13.3 Å². The van der Waals surface area contributed by atoms with Crippen LogP contribution in [0.15, 0.2) is 42.6 Å². The molecule has 24 heavy (non-hydrogen) atoms. The molecule has 5 heteroatoms. The fourth-order valence-corrected chi connectivity index (χ4v) is 3.09. The lowest BCUT2D eigenvalue weighted by atomic mass is 9.98. The van der Waals surface area contributed by atoms with Crippen LogP contribution < -0.4 is 15.0 Å². The van der Waals surface area contributed by atoms with Crippen molar-refractivity contribution in [1.82, 2.24) is 10.3 Å². The highest BCUT2D eigenvalue weighted by Gasteiger charge is 2.24.